The molecular formula is C6H5N3S2. The molecule has 0 aromatic carbocycles. The van der Waals surface area contributed by atoms with Crippen molar-refractivity contribution >= 4 is 23.6 Å². The predicted molar refractivity (Wildman–Crippen MR) is 46.6 cm³/mol. The lowest BCUT2D eigenvalue weighted by atomic mass is 10.6. The van der Waals surface area contributed by atoms with Crippen molar-refractivity contribution in [2.75, 3.05) is 0 Å². The van der Waals surface area contributed by atoms with E-state index in [1.165, 1.54) is 0 Å². The summed E-state index contributed by atoms with van der Waals surface area (Å²) >= 11 is 6.62. The molecule has 0 radical (unpaired) electrons. The molecule has 0 spiro atoms. The largest absolute Gasteiger partial charge is 0.265 e. The van der Waals surface area contributed by atoms with Crippen LogP contribution in [0.3, 0.4) is 0 Å². The smallest absolute Gasteiger partial charge is 0.200 e. The van der Waals surface area contributed by atoms with Crippen molar-refractivity contribution in [3.05, 3.63) is 28.6 Å². The van der Waals surface area contributed by atoms with Crippen LogP contribution in [-0.2, 0) is 0 Å². The molecule has 0 atom stereocenters. The van der Waals surface area contributed by atoms with Crippen molar-refractivity contribution in [2.45, 2.75) is 0 Å². The second-order valence-electron chi connectivity index (χ2n) is 1.98. The maximum atomic E-state index is 4.98. The second-order valence-corrected chi connectivity index (χ2v) is 3.30. The number of hydrogen-bond donors (Lipinski definition) is 1. The van der Waals surface area contributed by atoms with E-state index in [0.29, 0.717) is 4.77 Å². The van der Waals surface area contributed by atoms with Crippen molar-refractivity contribution in [1.82, 2.24) is 14.8 Å². The molecule has 2 rings (SSSR count). The van der Waals surface area contributed by atoms with Crippen LogP contribution in [0.4, 0.5) is 0 Å². The Hall–Kier alpha value is -0.940. The van der Waals surface area contributed by atoms with Crippen LogP contribution in [0.25, 0.3) is 5.00 Å². The van der Waals surface area contributed by atoms with Gasteiger partial charge in [0.2, 0.25) is 0 Å². The summed E-state index contributed by atoms with van der Waals surface area (Å²) in [6.07, 6.45) is 1.67. The molecule has 2 aromatic rings. The first-order valence-electron chi connectivity index (χ1n) is 3.04. The molecule has 0 bridgehead atoms. The van der Waals surface area contributed by atoms with Crippen LogP contribution in [0, 0.1) is 4.77 Å². The van der Waals surface area contributed by atoms with Crippen LogP contribution in [0.15, 0.2) is 23.8 Å². The Morgan fingerprint density at radius 3 is 3.09 bits per heavy atom. The zero-order chi connectivity index (χ0) is 7.68. The summed E-state index contributed by atoms with van der Waals surface area (Å²) in [5, 5.41) is 9.60. The first-order valence-corrected chi connectivity index (χ1v) is 4.32. The highest BCUT2D eigenvalue weighted by molar-refractivity contribution is 7.71. The van der Waals surface area contributed by atoms with E-state index >= 15 is 0 Å². The summed E-state index contributed by atoms with van der Waals surface area (Å²) in [5.41, 5.74) is 0. The molecule has 1 N–H and O–H groups in total. The highest BCUT2D eigenvalue weighted by atomic mass is 32.1. The van der Waals surface area contributed by atoms with E-state index in [0.717, 1.165) is 5.00 Å². The third-order valence-electron chi connectivity index (χ3n) is 1.30. The minimum Gasteiger partial charge on any atom is -0.265 e. The van der Waals surface area contributed by atoms with Crippen molar-refractivity contribution < 1.29 is 0 Å². The Bertz CT molecular complexity index is 384. The predicted octanol–water partition coefficient (Wildman–Crippen LogP) is 1.99. The van der Waals surface area contributed by atoms with E-state index in [1.807, 2.05) is 22.1 Å². The van der Waals surface area contributed by atoms with Crippen LogP contribution < -0.4 is 0 Å². The summed E-state index contributed by atoms with van der Waals surface area (Å²) in [5.74, 6) is 0. The number of hydrogen-bond acceptors (Lipinski definition) is 3. The average Bonchev–Trinajstić information content (AvgIpc) is 2.55. The molecule has 5 heteroatoms. The van der Waals surface area contributed by atoms with E-state index in [-0.39, 0.29) is 0 Å². The van der Waals surface area contributed by atoms with Gasteiger partial charge in [0.05, 0.1) is 0 Å². The number of aromatic amines is 1. The van der Waals surface area contributed by atoms with Gasteiger partial charge in [0.25, 0.3) is 0 Å². The molecule has 0 aliphatic heterocycles. The van der Waals surface area contributed by atoms with Gasteiger partial charge in [-0.2, -0.15) is 5.10 Å². The lowest BCUT2D eigenvalue weighted by molar-refractivity contribution is 1.05. The average molecular weight is 183 g/mol. The van der Waals surface area contributed by atoms with Gasteiger partial charge in [-0.3, -0.25) is 9.67 Å². The highest BCUT2D eigenvalue weighted by Gasteiger charge is 1.96. The zero-order valence-corrected chi connectivity index (χ0v) is 7.15. The molecule has 3 nitrogen and oxygen atoms in total. The number of nitrogens with zero attached hydrogens (tertiary/aromatic N) is 2. The van der Waals surface area contributed by atoms with Crippen LogP contribution >= 0.6 is 23.6 Å². The lowest BCUT2D eigenvalue weighted by Gasteiger charge is -1.91. The zero-order valence-electron chi connectivity index (χ0n) is 5.52. The maximum Gasteiger partial charge on any atom is 0.200 e. The molecule has 0 amide bonds. The normalized spacial score (nSPS) is 10.2. The second kappa shape index (κ2) is 2.60. The van der Waals surface area contributed by atoms with Gasteiger partial charge in [-0.15, -0.1) is 11.3 Å². The summed E-state index contributed by atoms with van der Waals surface area (Å²) in [7, 11) is 0. The first kappa shape index (κ1) is 6.75. The molecule has 0 aliphatic carbocycles. The van der Waals surface area contributed by atoms with Gasteiger partial charge in [-0.1, -0.05) is 0 Å². The number of thiophene rings is 1. The summed E-state index contributed by atoms with van der Waals surface area (Å²) in [6, 6.07) is 3.98. The minimum absolute atomic E-state index is 0.632. The molecule has 56 valence electrons. The molecule has 0 unspecified atom stereocenters. The van der Waals surface area contributed by atoms with E-state index < -0.39 is 0 Å². The molecule has 2 aromatic heterocycles. The fraction of sp³-hybridized carbons (Fsp3) is 0. The Balaban J connectivity index is 2.62. The van der Waals surface area contributed by atoms with Crippen molar-refractivity contribution in [1.29, 1.82) is 0 Å². The number of H-pyrrole nitrogens is 1. The van der Waals surface area contributed by atoms with Crippen LogP contribution in [0.2, 0.25) is 0 Å². The third-order valence-corrected chi connectivity index (χ3v) is 2.45. The lowest BCUT2D eigenvalue weighted by Crippen LogP contribution is -1.86. The summed E-state index contributed by atoms with van der Waals surface area (Å²) < 4.78 is 2.47. The van der Waals surface area contributed by atoms with Gasteiger partial charge in [0.1, 0.15) is 11.3 Å². The highest BCUT2D eigenvalue weighted by Crippen LogP contribution is 2.13. The van der Waals surface area contributed by atoms with Crippen molar-refractivity contribution in [3.63, 3.8) is 0 Å². The summed E-state index contributed by atoms with van der Waals surface area (Å²) in [4.78, 5) is 0. The van der Waals surface area contributed by atoms with Crippen LogP contribution in [0.5, 0.6) is 0 Å². The third kappa shape index (κ3) is 1.12. The quantitative estimate of drug-likeness (QED) is 0.686. The number of aromatic nitrogens is 3. The van der Waals surface area contributed by atoms with Gasteiger partial charge in [0, 0.05) is 0 Å². The number of rotatable bonds is 1. The molecule has 0 aliphatic rings. The van der Waals surface area contributed by atoms with Crippen LogP contribution in [-0.4, -0.2) is 14.8 Å². The molecule has 0 saturated heterocycles. The SMILES string of the molecule is S=c1[nH]ncn1-c1cccs1. The van der Waals surface area contributed by atoms with Gasteiger partial charge in [0.15, 0.2) is 4.77 Å². The van der Waals surface area contributed by atoms with Crippen molar-refractivity contribution in [2.24, 2.45) is 0 Å². The van der Waals surface area contributed by atoms with E-state index in [2.05, 4.69) is 10.2 Å². The fourth-order valence-corrected chi connectivity index (χ4v) is 1.77. The van der Waals surface area contributed by atoms with Crippen LogP contribution in [0.1, 0.15) is 0 Å². The Labute approximate surface area is 72.3 Å². The Morgan fingerprint density at radius 1 is 1.64 bits per heavy atom. The molecule has 11 heavy (non-hydrogen) atoms. The molecule has 0 fully saturated rings. The van der Waals surface area contributed by atoms with E-state index in [9.17, 15) is 0 Å². The molecular weight excluding hydrogens is 178 g/mol. The monoisotopic (exact) mass is 183 g/mol. The van der Waals surface area contributed by atoms with Gasteiger partial charge < -0.3 is 0 Å². The van der Waals surface area contributed by atoms with E-state index in [4.69, 9.17) is 12.2 Å². The summed E-state index contributed by atoms with van der Waals surface area (Å²) in [6.45, 7) is 0. The molecule has 2 heterocycles. The fourth-order valence-electron chi connectivity index (χ4n) is 0.812. The van der Waals surface area contributed by atoms with Crippen molar-refractivity contribution in [3.8, 4) is 5.00 Å². The Morgan fingerprint density at radius 2 is 2.55 bits per heavy atom. The topological polar surface area (TPSA) is 33.6 Å². The van der Waals surface area contributed by atoms with Gasteiger partial charge in [-0.05, 0) is 29.7 Å². The molecule has 0 saturated carbocycles. The Kier molecular flexibility index (Phi) is 1.59. The van der Waals surface area contributed by atoms with Gasteiger partial charge in [-0.25, -0.2) is 0 Å². The van der Waals surface area contributed by atoms with E-state index in [1.54, 1.807) is 17.7 Å². The number of nitrogens with one attached hydrogen (secondary N) is 1. The first-order chi connectivity index (χ1) is 5.38. The standard InChI is InChI=1S/C6H5N3S2/c10-6-8-7-4-9(6)5-2-1-3-11-5/h1-4H,(H,8,10). The minimum atomic E-state index is 0.632. The van der Waals surface area contributed by atoms with Gasteiger partial charge >= 0.3 is 0 Å². The maximum absolute atomic E-state index is 4.98.